The van der Waals surface area contributed by atoms with Crippen LogP contribution in [0.15, 0.2) is 6.20 Å². The molecule has 0 spiro atoms. The number of rotatable bonds is 4. The minimum absolute atomic E-state index is 0.384. The minimum atomic E-state index is 0.384. The molecule has 1 N–H and O–H groups in total. The van der Waals surface area contributed by atoms with E-state index < -0.39 is 0 Å². The second kappa shape index (κ2) is 4.91. The maximum Gasteiger partial charge on any atom is 0.316 e. The van der Waals surface area contributed by atoms with E-state index in [0.717, 1.165) is 17.8 Å². The zero-order valence-electron chi connectivity index (χ0n) is 9.16. The number of ether oxygens (including phenoxy) is 1. The molecule has 0 radical (unpaired) electrons. The van der Waals surface area contributed by atoms with E-state index in [0.29, 0.717) is 11.9 Å². The van der Waals surface area contributed by atoms with Crippen molar-refractivity contribution in [3.63, 3.8) is 0 Å². The molecule has 1 aromatic heterocycles. The molecular weight excluding hydrogens is 178 g/mol. The molecule has 0 atom stereocenters. The van der Waals surface area contributed by atoms with Crippen LogP contribution in [0.2, 0.25) is 0 Å². The average molecular weight is 195 g/mol. The van der Waals surface area contributed by atoms with Crippen molar-refractivity contribution in [3.05, 3.63) is 17.5 Å². The van der Waals surface area contributed by atoms with E-state index in [1.54, 1.807) is 7.11 Å². The Hall–Kier alpha value is -1.16. The summed E-state index contributed by atoms with van der Waals surface area (Å²) in [7, 11) is 3.49. The standard InChI is InChI=1S/C10H17N3O/c1-7(2)9-8(5-11-3)6-12-10(13-9)14-4/h6-7,11H,5H2,1-4H3. The van der Waals surface area contributed by atoms with E-state index in [1.165, 1.54) is 0 Å². The van der Waals surface area contributed by atoms with Crippen LogP contribution >= 0.6 is 0 Å². The van der Waals surface area contributed by atoms with Gasteiger partial charge in [0.1, 0.15) is 0 Å². The molecule has 0 bridgehead atoms. The molecule has 0 fully saturated rings. The van der Waals surface area contributed by atoms with Crippen molar-refractivity contribution in [2.24, 2.45) is 0 Å². The zero-order valence-corrected chi connectivity index (χ0v) is 9.16. The summed E-state index contributed by atoms with van der Waals surface area (Å²) in [6, 6.07) is 0.438. The summed E-state index contributed by atoms with van der Waals surface area (Å²) in [5.41, 5.74) is 2.18. The highest BCUT2D eigenvalue weighted by Gasteiger charge is 2.10. The number of hydrogen-bond acceptors (Lipinski definition) is 4. The summed E-state index contributed by atoms with van der Waals surface area (Å²) < 4.78 is 5.00. The van der Waals surface area contributed by atoms with E-state index in [9.17, 15) is 0 Å². The fraction of sp³-hybridized carbons (Fsp3) is 0.600. The quantitative estimate of drug-likeness (QED) is 0.787. The number of nitrogens with zero attached hydrogens (tertiary/aromatic N) is 2. The van der Waals surface area contributed by atoms with E-state index >= 15 is 0 Å². The van der Waals surface area contributed by atoms with Crippen molar-refractivity contribution in [1.82, 2.24) is 15.3 Å². The lowest BCUT2D eigenvalue weighted by Crippen LogP contribution is -2.11. The van der Waals surface area contributed by atoms with Crippen molar-refractivity contribution in [3.8, 4) is 6.01 Å². The highest BCUT2D eigenvalue weighted by molar-refractivity contribution is 5.22. The van der Waals surface area contributed by atoms with Crippen LogP contribution < -0.4 is 10.1 Å². The lowest BCUT2D eigenvalue weighted by Gasteiger charge is -2.11. The lowest BCUT2D eigenvalue weighted by atomic mass is 10.1. The fourth-order valence-electron chi connectivity index (χ4n) is 1.33. The van der Waals surface area contributed by atoms with Gasteiger partial charge in [-0.1, -0.05) is 13.8 Å². The maximum atomic E-state index is 5.00. The van der Waals surface area contributed by atoms with Gasteiger partial charge in [-0.25, -0.2) is 4.98 Å². The van der Waals surface area contributed by atoms with Gasteiger partial charge in [0, 0.05) is 18.3 Å². The first kappa shape index (κ1) is 10.9. The van der Waals surface area contributed by atoms with Gasteiger partial charge in [-0.15, -0.1) is 0 Å². The topological polar surface area (TPSA) is 47.0 Å². The number of hydrogen-bond donors (Lipinski definition) is 1. The average Bonchev–Trinajstić information content (AvgIpc) is 2.18. The Balaban J connectivity index is 3.03. The molecule has 0 saturated heterocycles. The minimum Gasteiger partial charge on any atom is -0.467 e. The smallest absolute Gasteiger partial charge is 0.316 e. The summed E-state index contributed by atoms with van der Waals surface area (Å²) in [4.78, 5) is 8.42. The van der Waals surface area contributed by atoms with Gasteiger partial charge in [0.25, 0.3) is 0 Å². The second-order valence-corrected chi connectivity index (χ2v) is 3.45. The van der Waals surface area contributed by atoms with Gasteiger partial charge in [0.2, 0.25) is 0 Å². The molecule has 1 rings (SSSR count). The van der Waals surface area contributed by atoms with E-state index in [4.69, 9.17) is 4.74 Å². The molecule has 0 aromatic carbocycles. The summed E-state index contributed by atoms with van der Waals surface area (Å²) in [5, 5.41) is 3.10. The molecule has 4 nitrogen and oxygen atoms in total. The van der Waals surface area contributed by atoms with Crippen LogP contribution in [0.4, 0.5) is 0 Å². The molecule has 78 valence electrons. The van der Waals surface area contributed by atoms with Crippen LogP contribution in [-0.2, 0) is 6.54 Å². The zero-order chi connectivity index (χ0) is 10.6. The van der Waals surface area contributed by atoms with Crippen LogP contribution in [0.3, 0.4) is 0 Å². The Morgan fingerprint density at radius 2 is 2.21 bits per heavy atom. The summed E-state index contributed by atoms with van der Waals surface area (Å²) >= 11 is 0. The van der Waals surface area contributed by atoms with Crippen LogP contribution in [0.5, 0.6) is 6.01 Å². The monoisotopic (exact) mass is 195 g/mol. The van der Waals surface area contributed by atoms with Crippen molar-refractivity contribution < 1.29 is 4.74 Å². The predicted molar refractivity (Wildman–Crippen MR) is 55.4 cm³/mol. The fourth-order valence-corrected chi connectivity index (χ4v) is 1.33. The molecule has 0 aliphatic heterocycles. The summed E-state index contributed by atoms with van der Waals surface area (Å²) in [6.45, 7) is 5.01. The van der Waals surface area contributed by atoms with Gasteiger partial charge in [0.15, 0.2) is 0 Å². The molecule has 1 heterocycles. The van der Waals surface area contributed by atoms with Crippen LogP contribution in [0.1, 0.15) is 31.0 Å². The lowest BCUT2D eigenvalue weighted by molar-refractivity contribution is 0.376. The van der Waals surface area contributed by atoms with Gasteiger partial charge >= 0.3 is 6.01 Å². The van der Waals surface area contributed by atoms with Crippen molar-refractivity contribution >= 4 is 0 Å². The van der Waals surface area contributed by atoms with Crippen molar-refractivity contribution in [2.45, 2.75) is 26.3 Å². The molecule has 0 aliphatic rings. The first-order chi connectivity index (χ1) is 6.69. The number of aromatic nitrogens is 2. The van der Waals surface area contributed by atoms with Gasteiger partial charge < -0.3 is 10.1 Å². The highest BCUT2D eigenvalue weighted by atomic mass is 16.5. The normalized spacial score (nSPS) is 10.6. The molecular formula is C10H17N3O. The van der Waals surface area contributed by atoms with Crippen LogP contribution in [0.25, 0.3) is 0 Å². The molecule has 14 heavy (non-hydrogen) atoms. The van der Waals surface area contributed by atoms with Gasteiger partial charge in [-0.3, -0.25) is 0 Å². The van der Waals surface area contributed by atoms with Crippen molar-refractivity contribution in [1.29, 1.82) is 0 Å². The maximum absolute atomic E-state index is 5.00. The Morgan fingerprint density at radius 3 is 2.71 bits per heavy atom. The summed E-state index contributed by atoms with van der Waals surface area (Å²) in [6.07, 6.45) is 1.82. The summed E-state index contributed by atoms with van der Waals surface area (Å²) in [5.74, 6) is 0.384. The second-order valence-electron chi connectivity index (χ2n) is 3.45. The largest absolute Gasteiger partial charge is 0.467 e. The van der Waals surface area contributed by atoms with Gasteiger partial charge in [-0.2, -0.15) is 4.98 Å². The van der Waals surface area contributed by atoms with E-state index in [-0.39, 0.29) is 0 Å². The Bertz CT molecular complexity index is 299. The van der Waals surface area contributed by atoms with E-state index in [2.05, 4.69) is 29.1 Å². The SMILES string of the molecule is CNCc1cnc(OC)nc1C(C)C. The Labute approximate surface area is 84.7 Å². The molecule has 0 unspecified atom stereocenters. The molecule has 0 aliphatic carbocycles. The first-order valence-corrected chi connectivity index (χ1v) is 4.73. The van der Waals surface area contributed by atoms with Gasteiger partial charge in [0.05, 0.1) is 12.8 Å². The van der Waals surface area contributed by atoms with Crippen molar-refractivity contribution in [2.75, 3.05) is 14.2 Å². The Kier molecular flexibility index (Phi) is 3.83. The first-order valence-electron chi connectivity index (χ1n) is 4.73. The third kappa shape index (κ3) is 2.42. The Morgan fingerprint density at radius 1 is 1.50 bits per heavy atom. The predicted octanol–water partition coefficient (Wildman–Crippen LogP) is 1.33. The van der Waals surface area contributed by atoms with Crippen LogP contribution in [0, 0.1) is 0 Å². The molecule has 1 aromatic rings. The molecule has 0 saturated carbocycles. The molecule has 4 heteroatoms. The third-order valence-corrected chi connectivity index (χ3v) is 1.97. The molecule has 0 amide bonds. The van der Waals surface area contributed by atoms with E-state index in [1.807, 2.05) is 13.2 Å². The third-order valence-electron chi connectivity index (χ3n) is 1.97. The van der Waals surface area contributed by atoms with Gasteiger partial charge in [-0.05, 0) is 13.0 Å². The highest BCUT2D eigenvalue weighted by Crippen LogP contribution is 2.18. The van der Waals surface area contributed by atoms with Crippen LogP contribution in [-0.4, -0.2) is 24.1 Å². The number of methoxy groups -OCH3 is 1. The number of nitrogens with one attached hydrogen (secondary N) is 1.